The lowest BCUT2D eigenvalue weighted by Gasteiger charge is -2.24. The van der Waals surface area contributed by atoms with Gasteiger partial charge in [-0.1, -0.05) is 0 Å². The van der Waals surface area contributed by atoms with Crippen LogP contribution in [0.1, 0.15) is 27.2 Å². The van der Waals surface area contributed by atoms with Crippen LogP contribution >= 0.6 is 34.7 Å². The first kappa shape index (κ1) is 20.2. The largest absolute Gasteiger partial charge is 0.476 e. The number of nitrogens with zero attached hydrogens (tertiary/aromatic N) is 4. The highest BCUT2D eigenvalue weighted by Crippen LogP contribution is 2.47. The number of carboxylic acids is 1. The molecule has 0 spiro atoms. The number of rotatable bonds is 3. The predicted molar refractivity (Wildman–Crippen MR) is 119 cm³/mol. The number of halogens is 1. The van der Waals surface area contributed by atoms with Crippen molar-refractivity contribution in [2.45, 2.75) is 11.8 Å². The molecule has 31 heavy (non-hydrogen) atoms. The van der Waals surface area contributed by atoms with E-state index >= 15 is 0 Å². The summed E-state index contributed by atoms with van der Waals surface area (Å²) in [7, 11) is 3.04. The van der Waals surface area contributed by atoms with Crippen molar-refractivity contribution in [3.63, 3.8) is 0 Å². The third-order valence-corrected chi connectivity index (χ3v) is 7.59. The molecule has 160 valence electrons. The van der Waals surface area contributed by atoms with Gasteiger partial charge in [-0.2, -0.15) is 0 Å². The summed E-state index contributed by atoms with van der Waals surface area (Å²) in [5, 5.41) is 11.5. The second kappa shape index (κ2) is 7.14. The Balaban J connectivity index is 1.93. The van der Waals surface area contributed by atoms with Gasteiger partial charge < -0.3 is 14.1 Å². The van der Waals surface area contributed by atoms with Crippen LogP contribution in [0.25, 0.3) is 21.6 Å². The topological polar surface area (TPSA) is 112 Å². The number of aromatic nitrogens is 4. The first-order chi connectivity index (χ1) is 14.8. The molecule has 1 aliphatic rings. The Morgan fingerprint density at radius 3 is 2.71 bits per heavy atom. The van der Waals surface area contributed by atoms with Crippen molar-refractivity contribution in [1.29, 1.82) is 0 Å². The van der Waals surface area contributed by atoms with Crippen molar-refractivity contribution < 1.29 is 14.3 Å². The fourth-order valence-electron chi connectivity index (χ4n) is 3.97. The number of fused-ring (bicyclic) bond motifs is 3. The molecule has 4 aromatic rings. The van der Waals surface area contributed by atoms with Crippen molar-refractivity contribution in [2.24, 2.45) is 14.1 Å². The molecule has 5 heterocycles. The number of hydrogen-bond donors (Lipinski definition) is 1. The average molecular weight is 479 g/mol. The van der Waals surface area contributed by atoms with Crippen LogP contribution in [0.2, 0.25) is 5.22 Å². The van der Waals surface area contributed by atoms with Gasteiger partial charge in [-0.05, 0) is 23.7 Å². The van der Waals surface area contributed by atoms with Gasteiger partial charge in [-0.3, -0.25) is 13.9 Å². The van der Waals surface area contributed by atoms with Crippen LogP contribution in [0.15, 0.2) is 31.5 Å². The summed E-state index contributed by atoms with van der Waals surface area (Å²) in [5.41, 5.74) is 0.737. The maximum atomic E-state index is 13.2. The van der Waals surface area contributed by atoms with E-state index in [0.29, 0.717) is 33.9 Å². The summed E-state index contributed by atoms with van der Waals surface area (Å²) in [4.78, 5) is 41.6. The monoisotopic (exact) mass is 478 g/mol. The molecule has 4 aromatic heterocycles. The van der Waals surface area contributed by atoms with Gasteiger partial charge in [0.2, 0.25) is 0 Å². The highest BCUT2D eigenvalue weighted by molar-refractivity contribution is 7.99. The maximum Gasteiger partial charge on any atom is 0.355 e. The second-order valence-corrected chi connectivity index (χ2v) is 9.49. The molecule has 1 aliphatic heterocycles. The first-order valence-electron chi connectivity index (χ1n) is 9.17. The minimum Gasteiger partial charge on any atom is -0.476 e. The number of carboxylic acid groups (broad SMARTS) is 1. The van der Waals surface area contributed by atoms with Gasteiger partial charge in [0.25, 0.3) is 5.56 Å². The number of carbonyl (C=O) groups is 1. The molecule has 1 atom stereocenters. The Hall–Kier alpha value is -2.76. The van der Waals surface area contributed by atoms with E-state index in [1.54, 1.807) is 30.9 Å². The Morgan fingerprint density at radius 2 is 2.06 bits per heavy atom. The molecule has 0 amide bonds. The predicted octanol–water partition coefficient (Wildman–Crippen LogP) is 2.94. The Bertz CT molecular complexity index is 1490. The van der Waals surface area contributed by atoms with Gasteiger partial charge in [0.05, 0.1) is 22.3 Å². The molecule has 9 nitrogen and oxygen atoms in total. The minimum absolute atomic E-state index is 0.0927. The van der Waals surface area contributed by atoms with Gasteiger partial charge in [-0.15, -0.1) is 23.1 Å². The van der Waals surface area contributed by atoms with Crippen LogP contribution in [0.3, 0.4) is 0 Å². The summed E-state index contributed by atoms with van der Waals surface area (Å²) in [6, 6.07) is 3.43. The molecule has 0 bridgehead atoms. The smallest absolute Gasteiger partial charge is 0.355 e. The second-order valence-electron chi connectivity index (χ2n) is 7.05. The lowest BCUT2D eigenvalue weighted by atomic mass is 10.2. The van der Waals surface area contributed by atoms with E-state index in [-0.39, 0.29) is 16.2 Å². The van der Waals surface area contributed by atoms with E-state index in [2.05, 4.69) is 4.98 Å². The minimum atomic E-state index is -1.14. The third kappa shape index (κ3) is 2.91. The first-order valence-corrected chi connectivity index (χ1v) is 11.5. The molecule has 5 rings (SSSR count). The van der Waals surface area contributed by atoms with Crippen LogP contribution in [0.5, 0.6) is 0 Å². The van der Waals surface area contributed by atoms with Crippen LogP contribution in [0, 0.1) is 0 Å². The van der Waals surface area contributed by atoms with Crippen LogP contribution in [-0.2, 0) is 20.6 Å². The summed E-state index contributed by atoms with van der Waals surface area (Å²) in [6.45, 7) is 0.564. The maximum absolute atomic E-state index is 13.2. The summed E-state index contributed by atoms with van der Waals surface area (Å²) in [6.07, 6.45) is 0. The van der Waals surface area contributed by atoms with Gasteiger partial charge >= 0.3 is 11.7 Å². The molecule has 0 fully saturated rings. The van der Waals surface area contributed by atoms with Gasteiger partial charge in [-0.25, -0.2) is 14.6 Å². The van der Waals surface area contributed by atoms with Crippen LogP contribution in [-0.4, -0.2) is 35.5 Å². The Labute approximate surface area is 187 Å². The number of furan rings is 1. The number of thiazole rings is 1. The van der Waals surface area contributed by atoms with E-state index in [1.165, 1.54) is 17.0 Å². The van der Waals surface area contributed by atoms with E-state index < -0.39 is 17.2 Å². The zero-order chi connectivity index (χ0) is 22.0. The van der Waals surface area contributed by atoms with Crippen molar-refractivity contribution in [2.75, 3.05) is 5.75 Å². The number of thioether (sulfide) groups is 1. The SMILES string of the molecule is Cn1c(=O)c2c(-c3nc(C(=O)O)cs3)n3c(c2n(C)c1=O)C(c1ccc(Cl)o1)SCC3. The van der Waals surface area contributed by atoms with Crippen LogP contribution < -0.4 is 11.2 Å². The fraction of sp³-hybridized carbons (Fsp3) is 0.263. The van der Waals surface area contributed by atoms with Crippen molar-refractivity contribution in [1.82, 2.24) is 18.7 Å². The van der Waals surface area contributed by atoms with Gasteiger partial charge in [0.1, 0.15) is 16.0 Å². The van der Waals surface area contributed by atoms with Gasteiger partial charge in [0, 0.05) is 31.8 Å². The van der Waals surface area contributed by atoms with Gasteiger partial charge in [0.15, 0.2) is 10.9 Å². The highest BCUT2D eigenvalue weighted by Gasteiger charge is 2.35. The highest BCUT2D eigenvalue weighted by atomic mass is 35.5. The zero-order valence-corrected chi connectivity index (χ0v) is 18.7. The number of hydrogen-bond acceptors (Lipinski definition) is 7. The molecule has 1 unspecified atom stereocenters. The number of aromatic carboxylic acids is 1. The third-order valence-electron chi connectivity index (χ3n) is 5.33. The van der Waals surface area contributed by atoms with Crippen molar-refractivity contribution in [3.8, 4) is 10.7 Å². The molecular weight excluding hydrogens is 464 g/mol. The Morgan fingerprint density at radius 1 is 1.29 bits per heavy atom. The fourth-order valence-corrected chi connectivity index (χ4v) is 6.18. The summed E-state index contributed by atoms with van der Waals surface area (Å²) < 4.78 is 10.1. The van der Waals surface area contributed by atoms with Crippen molar-refractivity contribution in [3.05, 3.63) is 60.7 Å². The number of aryl methyl sites for hydroxylation is 1. The van der Waals surface area contributed by atoms with E-state index in [1.807, 2.05) is 4.57 Å². The molecule has 12 heteroatoms. The van der Waals surface area contributed by atoms with E-state index in [9.17, 15) is 19.5 Å². The molecule has 0 aromatic carbocycles. The molecule has 1 N–H and O–H groups in total. The quantitative estimate of drug-likeness (QED) is 0.481. The standard InChI is InChI=1S/C19H15ClN4O5S2/c1-22-12-11(17(25)23(2)19(22)28)13(16-21-8(7-31-16)18(26)27)24-5-6-30-15(14(12)24)9-3-4-10(20)29-9/h3-4,7,15H,5-6H2,1-2H3,(H,26,27). The molecule has 0 radical (unpaired) electrons. The van der Waals surface area contributed by atoms with E-state index in [0.717, 1.165) is 27.4 Å². The summed E-state index contributed by atoms with van der Waals surface area (Å²) in [5.74, 6) is 0.187. The zero-order valence-electron chi connectivity index (χ0n) is 16.3. The average Bonchev–Trinajstić information content (AvgIpc) is 3.46. The van der Waals surface area contributed by atoms with E-state index in [4.69, 9.17) is 16.0 Å². The molecule has 0 saturated carbocycles. The molecular formula is C19H15ClN4O5S2. The molecule has 0 saturated heterocycles. The lowest BCUT2D eigenvalue weighted by molar-refractivity contribution is 0.0691. The Kier molecular flexibility index (Phi) is 4.65. The lowest BCUT2D eigenvalue weighted by Crippen LogP contribution is -2.37. The van der Waals surface area contributed by atoms with Crippen molar-refractivity contribution >= 4 is 51.6 Å². The normalized spacial score (nSPS) is 16.0. The summed E-state index contributed by atoms with van der Waals surface area (Å²) >= 11 is 8.78. The van der Waals surface area contributed by atoms with Crippen LogP contribution in [0.4, 0.5) is 0 Å². The molecule has 0 aliphatic carbocycles.